The molecule has 0 spiro atoms. The molecule has 0 aliphatic rings. The smallest absolute Gasteiger partial charge is 0.191 e. The lowest BCUT2D eigenvalue weighted by Crippen LogP contribution is -2.39. The number of aliphatic imine (C=N–C) groups is 1. The number of hydrogen-bond acceptors (Lipinski definition) is 4. The number of nitrogens with one attached hydrogen (secondary N) is 2. The first-order valence-electron chi connectivity index (χ1n) is 9.75. The van der Waals surface area contributed by atoms with Crippen LogP contribution in [0, 0.1) is 5.92 Å². The Bertz CT molecular complexity index is 888. The van der Waals surface area contributed by atoms with Gasteiger partial charge < -0.3 is 20.3 Å². The van der Waals surface area contributed by atoms with Gasteiger partial charge in [-0.2, -0.15) is 0 Å². The largest absolute Gasteiger partial charge is 0.386 e. The molecule has 1 atom stereocenters. The van der Waals surface area contributed by atoms with E-state index in [-0.39, 0.29) is 24.0 Å². The van der Waals surface area contributed by atoms with E-state index in [2.05, 4.69) is 57.2 Å². The molecule has 2 aromatic heterocycles. The number of halogens is 1. The topological polar surface area (TPSA) is 74.5 Å². The maximum Gasteiger partial charge on any atom is 0.191 e. The van der Waals surface area contributed by atoms with Crippen molar-refractivity contribution in [1.29, 1.82) is 0 Å². The Kier molecular flexibility index (Phi) is 9.38. The third kappa shape index (κ3) is 6.68. The number of rotatable bonds is 8. The molecule has 0 saturated heterocycles. The number of nitrogens with zero attached hydrogens (tertiary/aromatic N) is 3. The number of aliphatic hydroxyl groups is 1. The molecule has 6 nitrogen and oxygen atoms in total. The van der Waals surface area contributed by atoms with Crippen LogP contribution in [0.25, 0.3) is 10.1 Å². The van der Waals surface area contributed by atoms with Gasteiger partial charge in [0.1, 0.15) is 18.5 Å². The standard InChI is InChI=1S/C21H29N5OS.HI/c1-4-22-21(25-13-20-23-9-10-26(20)14-15(2)3)24-12-17(27)19-11-16-7-5-6-8-18(16)28-19;/h5-11,15,17,27H,4,12-14H2,1-3H3,(H2,22,24,25);1H. The number of imidazole rings is 1. The number of thiophene rings is 1. The van der Waals surface area contributed by atoms with Gasteiger partial charge in [0.05, 0.1) is 0 Å². The second-order valence-corrected chi connectivity index (χ2v) is 8.28. The van der Waals surface area contributed by atoms with Crippen LogP contribution in [0.3, 0.4) is 0 Å². The van der Waals surface area contributed by atoms with Crippen LogP contribution in [0.5, 0.6) is 0 Å². The quantitative estimate of drug-likeness (QED) is 0.234. The Labute approximate surface area is 193 Å². The molecule has 8 heteroatoms. The molecule has 0 amide bonds. The van der Waals surface area contributed by atoms with Crippen molar-refractivity contribution in [2.75, 3.05) is 13.1 Å². The molecule has 3 aromatic rings. The van der Waals surface area contributed by atoms with Gasteiger partial charge in [0.25, 0.3) is 0 Å². The highest BCUT2D eigenvalue weighted by Crippen LogP contribution is 2.29. The summed E-state index contributed by atoms with van der Waals surface area (Å²) in [5, 5.41) is 18.2. The number of aromatic nitrogens is 2. The first kappa shape index (κ1) is 23.6. The molecule has 0 radical (unpaired) electrons. The van der Waals surface area contributed by atoms with E-state index in [1.54, 1.807) is 11.3 Å². The van der Waals surface area contributed by atoms with Gasteiger partial charge in [-0.3, -0.25) is 0 Å². The summed E-state index contributed by atoms with van der Waals surface area (Å²) < 4.78 is 3.33. The van der Waals surface area contributed by atoms with Gasteiger partial charge >= 0.3 is 0 Å². The highest BCUT2D eigenvalue weighted by atomic mass is 127. The molecule has 3 rings (SSSR count). The van der Waals surface area contributed by atoms with E-state index in [1.165, 1.54) is 10.1 Å². The van der Waals surface area contributed by atoms with Gasteiger partial charge in [0.2, 0.25) is 0 Å². The predicted octanol–water partition coefficient (Wildman–Crippen LogP) is 4.16. The minimum Gasteiger partial charge on any atom is -0.386 e. The van der Waals surface area contributed by atoms with Crippen LogP contribution in [0.15, 0.2) is 47.7 Å². The lowest BCUT2D eigenvalue weighted by molar-refractivity contribution is 0.184. The van der Waals surface area contributed by atoms with E-state index >= 15 is 0 Å². The maximum absolute atomic E-state index is 10.6. The zero-order valence-electron chi connectivity index (χ0n) is 17.1. The Morgan fingerprint density at radius 3 is 2.79 bits per heavy atom. The summed E-state index contributed by atoms with van der Waals surface area (Å²) >= 11 is 1.63. The zero-order chi connectivity index (χ0) is 19.9. The molecular formula is C21H30IN5OS. The van der Waals surface area contributed by atoms with Crippen molar-refractivity contribution in [3.63, 3.8) is 0 Å². The summed E-state index contributed by atoms with van der Waals surface area (Å²) in [6.45, 7) is 8.99. The average molecular weight is 527 g/mol. The summed E-state index contributed by atoms with van der Waals surface area (Å²) in [5.41, 5.74) is 0. The van der Waals surface area contributed by atoms with Gasteiger partial charge in [0, 0.05) is 41.6 Å². The Morgan fingerprint density at radius 1 is 1.28 bits per heavy atom. The predicted molar refractivity (Wildman–Crippen MR) is 132 cm³/mol. The molecule has 2 heterocycles. The highest BCUT2D eigenvalue weighted by Gasteiger charge is 2.12. The fourth-order valence-corrected chi connectivity index (χ4v) is 4.05. The van der Waals surface area contributed by atoms with Crippen LogP contribution in [0.1, 0.15) is 37.6 Å². The Morgan fingerprint density at radius 2 is 2.07 bits per heavy atom. The summed E-state index contributed by atoms with van der Waals surface area (Å²) in [7, 11) is 0. The second-order valence-electron chi connectivity index (χ2n) is 7.17. The van der Waals surface area contributed by atoms with Gasteiger partial charge in [0.15, 0.2) is 5.96 Å². The molecule has 0 bridgehead atoms. The van der Waals surface area contributed by atoms with Crippen LogP contribution >= 0.6 is 35.3 Å². The van der Waals surface area contributed by atoms with Gasteiger partial charge in [-0.1, -0.05) is 32.0 Å². The lowest BCUT2D eigenvalue weighted by Gasteiger charge is -2.15. The van der Waals surface area contributed by atoms with Crippen LogP contribution in [0.2, 0.25) is 0 Å². The number of benzene rings is 1. The molecule has 3 N–H and O–H groups in total. The van der Waals surface area contributed by atoms with Crippen molar-refractivity contribution in [3.05, 3.63) is 53.4 Å². The first-order chi connectivity index (χ1) is 13.6. The maximum atomic E-state index is 10.6. The van der Waals surface area contributed by atoms with E-state index in [0.29, 0.717) is 25.0 Å². The molecule has 0 fully saturated rings. The second kappa shape index (κ2) is 11.5. The molecule has 1 unspecified atom stereocenters. The minimum absolute atomic E-state index is 0. The normalized spacial score (nSPS) is 12.8. The van der Waals surface area contributed by atoms with Crippen molar-refractivity contribution in [2.24, 2.45) is 10.9 Å². The van der Waals surface area contributed by atoms with Crippen LogP contribution in [-0.4, -0.2) is 33.7 Å². The van der Waals surface area contributed by atoms with Crippen LogP contribution in [0.4, 0.5) is 0 Å². The molecule has 0 aliphatic carbocycles. The van der Waals surface area contributed by atoms with E-state index in [0.717, 1.165) is 23.8 Å². The van der Waals surface area contributed by atoms with Gasteiger partial charge in [-0.25, -0.2) is 9.98 Å². The van der Waals surface area contributed by atoms with Crippen molar-refractivity contribution >= 4 is 51.4 Å². The molecule has 0 aliphatic heterocycles. The molecule has 0 saturated carbocycles. The van der Waals surface area contributed by atoms with Gasteiger partial charge in [-0.15, -0.1) is 35.3 Å². The third-order valence-corrected chi connectivity index (χ3v) is 5.54. The minimum atomic E-state index is -0.579. The van der Waals surface area contributed by atoms with Crippen molar-refractivity contribution in [3.8, 4) is 0 Å². The van der Waals surface area contributed by atoms with Crippen molar-refractivity contribution < 1.29 is 5.11 Å². The van der Waals surface area contributed by atoms with Crippen molar-refractivity contribution in [2.45, 2.75) is 40.0 Å². The number of aliphatic hydroxyl groups excluding tert-OH is 1. The average Bonchev–Trinajstić information content (AvgIpc) is 3.29. The third-order valence-electron chi connectivity index (χ3n) is 4.32. The summed E-state index contributed by atoms with van der Waals surface area (Å²) in [6, 6.07) is 10.2. The van der Waals surface area contributed by atoms with E-state index in [9.17, 15) is 5.11 Å². The molecular weight excluding hydrogens is 497 g/mol. The fraction of sp³-hybridized carbons (Fsp3) is 0.429. The fourth-order valence-electron chi connectivity index (χ4n) is 3.00. The van der Waals surface area contributed by atoms with Gasteiger partial charge in [-0.05, 0) is 30.4 Å². The Hall–Kier alpha value is -1.65. The summed E-state index contributed by atoms with van der Waals surface area (Å²) in [6.07, 6.45) is 3.24. The summed E-state index contributed by atoms with van der Waals surface area (Å²) in [5.74, 6) is 2.18. The molecule has 158 valence electrons. The SMILES string of the molecule is CCNC(=NCc1nccn1CC(C)C)NCC(O)c1cc2ccccc2s1.I. The summed E-state index contributed by atoms with van der Waals surface area (Å²) in [4.78, 5) is 10.0. The van der Waals surface area contributed by atoms with Crippen molar-refractivity contribution in [1.82, 2.24) is 20.2 Å². The van der Waals surface area contributed by atoms with Crippen LogP contribution in [-0.2, 0) is 13.1 Å². The first-order valence-corrected chi connectivity index (χ1v) is 10.6. The highest BCUT2D eigenvalue weighted by molar-refractivity contribution is 14.0. The zero-order valence-corrected chi connectivity index (χ0v) is 20.3. The monoisotopic (exact) mass is 527 g/mol. The number of hydrogen-bond donors (Lipinski definition) is 3. The number of guanidine groups is 1. The molecule has 1 aromatic carbocycles. The van der Waals surface area contributed by atoms with E-state index < -0.39 is 6.10 Å². The van der Waals surface area contributed by atoms with Crippen LogP contribution < -0.4 is 10.6 Å². The van der Waals surface area contributed by atoms with E-state index in [1.807, 2.05) is 31.5 Å². The lowest BCUT2D eigenvalue weighted by atomic mass is 10.2. The number of fused-ring (bicyclic) bond motifs is 1. The Balaban J connectivity index is 0.00000300. The van der Waals surface area contributed by atoms with E-state index in [4.69, 9.17) is 0 Å². The molecule has 29 heavy (non-hydrogen) atoms.